The molecular formula is C11H6ClF3N4S. The predicted octanol–water partition coefficient (Wildman–Crippen LogP) is 3.70. The molecule has 0 radical (unpaired) electrons. The Morgan fingerprint density at radius 1 is 1.20 bits per heavy atom. The molecule has 2 heterocycles. The first-order chi connectivity index (χ1) is 9.34. The quantitative estimate of drug-likeness (QED) is 0.742. The van der Waals surface area contributed by atoms with Crippen LogP contribution in [-0.4, -0.2) is 28.2 Å². The van der Waals surface area contributed by atoms with Crippen LogP contribution in [0.5, 0.6) is 0 Å². The lowest BCUT2D eigenvalue weighted by atomic mass is 10.3. The summed E-state index contributed by atoms with van der Waals surface area (Å²) in [6.45, 7) is 0. The normalized spacial score (nSPS) is 15.2. The third-order valence-corrected chi connectivity index (χ3v) is 3.77. The molecule has 2 aromatic rings. The molecule has 0 atom stereocenters. The Kier molecular flexibility index (Phi) is 3.02. The molecular weight excluding hydrogens is 313 g/mol. The highest BCUT2D eigenvalue weighted by Crippen LogP contribution is 2.38. The van der Waals surface area contributed by atoms with E-state index in [1.165, 1.54) is 7.05 Å². The van der Waals surface area contributed by atoms with Crippen LogP contribution in [0.3, 0.4) is 0 Å². The summed E-state index contributed by atoms with van der Waals surface area (Å²) in [5.74, 6) is 0.290. The van der Waals surface area contributed by atoms with Crippen molar-refractivity contribution in [3.63, 3.8) is 0 Å². The molecule has 4 nitrogen and oxygen atoms in total. The predicted molar refractivity (Wildman–Crippen MR) is 72.3 cm³/mol. The van der Waals surface area contributed by atoms with Crippen LogP contribution in [0.15, 0.2) is 28.3 Å². The Labute approximate surface area is 120 Å². The number of benzene rings is 1. The van der Waals surface area contributed by atoms with E-state index in [1.54, 1.807) is 18.2 Å². The first-order valence-corrected chi connectivity index (χ1v) is 6.59. The number of nitrogens with zero attached hydrogens (tertiary/aromatic N) is 4. The topological polar surface area (TPSA) is 41.4 Å². The van der Waals surface area contributed by atoms with Crippen LogP contribution < -0.4 is 5.01 Å². The van der Waals surface area contributed by atoms with Gasteiger partial charge < -0.3 is 0 Å². The van der Waals surface area contributed by atoms with Gasteiger partial charge in [0.25, 0.3) is 0 Å². The maximum atomic E-state index is 12.7. The number of alkyl halides is 3. The largest absolute Gasteiger partial charge is 0.441 e. The summed E-state index contributed by atoms with van der Waals surface area (Å²) in [5, 5.41) is 4.20. The first-order valence-electron chi connectivity index (χ1n) is 5.39. The summed E-state index contributed by atoms with van der Waals surface area (Å²) in [6.07, 6.45) is -4.51. The van der Waals surface area contributed by atoms with Gasteiger partial charge in [0.15, 0.2) is 5.82 Å². The minimum Gasteiger partial charge on any atom is -0.248 e. The van der Waals surface area contributed by atoms with Crippen molar-refractivity contribution in [3.8, 4) is 0 Å². The third kappa shape index (κ3) is 2.29. The van der Waals surface area contributed by atoms with Gasteiger partial charge in [0.1, 0.15) is 5.03 Å². The molecule has 0 aliphatic carbocycles. The van der Waals surface area contributed by atoms with Crippen LogP contribution in [0, 0.1) is 0 Å². The molecule has 0 unspecified atom stereocenters. The zero-order chi connectivity index (χ0) is 14.5. The van der Waals surface area contributed by atoms with Crippen LogP contribution in [0.1, 0.15) is 0 Å². The standard InChI is InChI=1S/C11H6ClF3N4S/c1-19-8-9(20-10(18-19)11(13,14)15)17-7-4-5(12)2-3-6(7)16-8/h2-4H,1H3. The van der Waals surface area contributed by atoms with Gasteiger partial charge in [0.2, 0.25) is 5.04 Å². The van der Waals surface area contributed by atoms with Crippen LogP contribution in [-0.2, 0) is 0 Å². The highest BCUT2D eigenvalue weighted by molar-refractivity contribution is 8.14. The number of aromatic nitrogens is 2. The van der Waals surface area contributed by atoms with E-state index in [4.69, 9.17) is 11.6 Å². The van der Waals surface area contributed by atoms with Gasteiger partial charge in [-0.3, -0.25) is 0 Å². The van der Waals surface area contributed by atoms with Crippen molar-refractivity contribution < 1.29 is 13.2 Å². The van der Waals surface area contributed by atoms with Crippen molar-refractivity contribution >= 4 is 45.3 Å². The van der Waals surface area contributed by atoms with E-state index >= 15 is 0 Å². The van der Waals surface area contributed by atoms with E-state index in [1.807, 2.05) is 0 Å². The number of hydrazone groups is 1. The Morgan fingerprint density at radius 3 is 2.65 bits per heavy atom. The second kappa shape index (κ2) is 4.49. The number of thioether (sulfide) groups is 1. The van der Waals surface area contributed by atoms with Crippen LogP contribution in [0.2, 0.25) is 5.02 Å². The lowest BCUT2D eigenvalue weighted by molar-refractivity contribution is -0.0557. The number of hydrogen-bond donors (Lipinski definition) is 0. The van der Waals surface area contributed by atoms with Gasteiger partial charge in [-0.25, -0.2) is 15.0 Å². The van der Waals surface area contributed by atoms with E-state index < -0.39 is 11.2 Å². The Morgan fingerprint density at radius 2 is 1.95 bits per heavy atom. The average Bonchev–Trinajstić information content (AvgIpc) is 2.35. The van der Waals surface area contributed by atoms with Gasteiger partial charge in [-0.2, -0.15) is 18.3 Å². The maximum absolute atomic E-state index is 12.7. The summed E-state index contributed by atoms with van der Waals surface area (Å²) in [7, 11) is 1.40. The van der Waals surface area contributed by atoms with E-state index in [9.17, 15) is 13.2 Å². The second-order valence-corrected chi connectivity index (χ2v) is 5.43. The van der Waals surface area contributed by atoms with Gasteiger partial charge in [0.05, 0.1) is 11.0 Å². The summed E-state index contributed by atoms with van der Waals surface area (Å²) in [5.41, 5.74) is 0.992. The molecule has 9 heteroatoms. The minimum absolute atomic E-state index is 0.157. The smallest absolute Gasteiger partial charge is 0.248 e. The molecule has 1 aromatic heterocycles. The highest BCUT2D eigenvalue weighted by atomic mass is 35.5. The Balaban J connectivity index is 2.15. The molecule has 1 aliphatic heterocycles. The van der Waals surface area contributed by atoms with Gasteiger partial charge in [-0.05, 0) is 30.0 Å². The molecule has 1 aromatic carbocycles. The second-order valence-electron chi connectivity index (χ2n) is 4.01. The highest BCUT2D eigenvalue weighted by Gasteiger charge is 2.40. The SMILES string of the molecule is CN1N=C(C(F)(F)F)Sc2nc3cc(Cl)ccc3nc21. The summed E-state index contributed by atoms with van der Waals surface area (Å²) >= 11 is 6.30. The fourth-order valence-electron chi connectivity index (χ4n) is 1.69. The molecule has 0 saturated carbocycles. The fraction of sp³-hybridized carbons (Fsp3) is 0.182. The first kappa shape index (κ1) is 13.4. The zero-order valence-corrected chi connectivity index (χ0v) is 11.5. The van der Waals surface area contributed by atoms with Gasteiger partial charge >= 0.3 is 6.18 Å². The average molecular weight is 319 g/mol. The van der Waals surface area contributed by atoms with Crippen molar-refractivity contribution in [1.82, 2.24) is 9.97 Å². The molecule has 0 fully saturated rings. The molecule has 0 spiro atoms. The molecule has 0 saturated heterocycles. The van der Waals surface area contributed by atoms with Crippen molar-refractivity contribution in [2.45, 2.75) is 11.2 Å². The van der Waals surface area contributed by atoms with Crippen LogP contribution >= 0.6 is 23.4 Å². The van der Waals surface area contributed by atoms with Crippen molar-refractivity contribution in [1.29, 1.82) is 0 Å². The summed E-state index contributed by atoms with van der Waals surface area (Å²) < 4.78 is 38.2. The molecule has 0 N–H and O–H groups in total. The van der Waals surface area contributed by atoms with E-state index in [2.05, 4.69) is 15.1 Å². The number of anilines is 1. The van der Waals surface area contributed by atoms with E-state index in [-0.39, 0.29) is 10.8 Å². The molecule has 20 heavy (non-hydrogen) atoms. The van der Waals surface area contributed by atoms with E-state index in [0.29, 0.717) is 27.8 Å². The zero-order valence-electron chi connectivity index (χ0n) is 9.94. The molecule has 0 bridgehead atoms. The third-order valence-electron chi connectivity index (χ3n) is 2.56. The number of hydrogen-bond acceptors (Lipinski definition) is 5. The van der Waals surface area contributed by atoms with Crippen LogP contribution in [0.4, 0.5) is 19.0 Å². The number of fused-ring (bicyclic) bond motifs is 2. The Bertz CT molecular complexity index is 731. The monoisotopic (exact) mass is 318 g/mol. The summed E-state index contributed by atoms with van der Waals surface area (Å²) in [6, 6.07) is 4.86. The van der Waals surface area contributed by atoms with Gasteiger partial charge in [-0.1, -0.05) is 11.6 Å². The van der Waals surface area contributed by atoms with Gasteiger partial charge in [-0.15, -0.1) is 0 Å². The van der Waals surface area contributed by atoms with Gasteiger partial charge in [0, 0.05) is 12.1 Å². The molecule has 0 amide bonds. The lowest BCUT2D eigenvalue weighted by Gasteiger charge is -2.23. The number of rotatable bonds is 0. The Hall–Kier alpha value is -1.54. The molecule has 104 valence electrons. The van der Waals surface area contributed by atoms with Crippen LogP contribution in [0.25, 0.3) is 11.0 Å². The molecule has 3 rings (SSSR count). The summed E-state index contributed by atoms with van der Waals surface area (Å²) in [4.78, 5) is 8.45. The molecule has 1 aliphatic rings. The fourth-order valence-corrected chi connectivity index (χ4v) is 2.73. The number of halogens is 4. The maximum Gasteiger partial charge on any atom is 0.441 e. The minimum atomic E-state index is -4.51. The van der Waals surface area contributed by atoms with Crippen molar-refractivity contribution in [2.75, 3.05) is 12.1 Å². The van der Waals surface area contributed by atoms with Crippen molar-refractivity contribution in [2.24, 2.45) is 5.10 Å². The van der Waals surface area contributed by atoms with Crippen molar-refractivity contribution in [3.05, 3.63) is 23.2 Å². The lowest BCUT2D eigenvalue weighted by Crippen LogP contribution is -2.28. The van der Waals surface area contributed by atoms with E-state index in [0.717, 1.165) is 5.01 Å².